The van der Waals surface area contributed by atoms with E-state index in [2.05, 4.69) is 0 Å². The zero-order chi connectivity index (χ0) is 7.00. The average molecular weight is 522 g/mol. The van der Waals surface area contributed by atoms with Crippen LogP contribution in [-0.4, -0.2) is 8.35 Å². The molecule has 0 aromatic rings. The van der Waals surface area contributed by atoms with Crippen LogP contribution in [0, 0.1) is 0 Å². The zero-order valence-electron chi connectivity index (χ0n) is 3.27. The van der Waals surface area contributed by atoms with Gasteiger partial charge in [0, 0.05) is 0 Å². The second kappa shape index (κ2) is 3.28. The summed E-state index contributed by atoms with van der Waals surface area (Å²) in [6.45, 7) is 0. The molecular weight excluding hydrogens is 522 g/mol. The number of halogens is 6. The van der Waals surface area contributed by atoms with Gasteiger partial charge in [-0.25, -0.2) is 0 Å². The van der Waals surface area contributed by atoms with Crippen molar-refractivity contribution in [3.63, 3.8) is 0 Å². The summed E-state index contributed by atoms with van der Waals surface area (Å²) >= 11 is 4.56. The van der Waals surface area contributed by atoms with E-state index in [1.165, 1.54) is 60.6 Å². The second-order valence-corrected chi connectivity index (χ2v) is 61.7. The van der Waals surface area contributed by atoms with Gasteiger partial charge >= 0.3 is 82.2 Å². The van der Waals surface area contributed by atoms with Crippen molar-refractivity contribution in [2.75, 3.05) is 0 Å². The Morgan fingerprint density at radius 3 is 1.12 bits per heavy atom. The molecule has 0 radical (unpaired) electrons. The average Bonchev–Trinajstić information content (AvgIpc) is 1.25. The Hall–Kier alpha value is 2.52. The first-order chi connectivity index (χ1) is 3.25. The van der Waals surface area contributed by atoms with Crippen molar-refractivity contribution >= 4 is 64.0 Å². The topological polar surface area (TPSA) is 0 Å². The van der Waals surface area contributed by atoms with Gasteiger partial charge in [-0.15, -0.1) is 0 Å². The van der Waals surface area contributed by atoms with E-state index in [4.69, 9.17) is 0 Å². The Kier molecular flexibility index (Phi) is 4.31. The minimum atomic E-state index is -3.92. The number of rotatable bonds is 0. The molecule has 0 amide bonds. The van der Waals surface area contributed by atoms with Crippen LogP contribution in [0.4, 0.5) is 13.2 Å². The van der Waals surface area contributed by atoms with E-state index in [1.54, 1.807) is 0 Å². The fourth-order valence-corrected chi connectivity index (χ4v) is 0. The van der Waals surface area contributed by atoms with E-state index in [1.807, 2.05) is 0 Å². The van der Waals surface area contributed by atoms with Gasteiger partial charge < -0.3 is 0 Å². The molecule has 0 saturated carbocycles. The van der Waals surface area contributed by atoms with Crippen LogP contribution in [0.3, 0.4) is 0 Å². The van der Waals surface area contributed by atoms with E-state index in [-0.39, 0.29) is 0 Å². The van der Waals surface area contributed by atoms with Crippen molar-refractivity contribution in [3.8, 4) is 0 Å². The third-order valence-electron chi connectivity index (χ3n) is 0.321. The molecule has 0 aromatic carbocycles. The minimum absolute atomic E-state index is 1.52. The van der Waals surface area contributed by atoms with Crippen molar-refractivity contribution in [2.24, 2.45) is 0 Å². The Balaban J connectivity index is 4.02. The summed E-state index contributed by atoms with van der Waals surface area (Å²) in [4.78, 5) is 0. The molecule has 0 nitrogen and oxygen atoms in total. The number of alkyl halides is 3. The Labute approximate surface area is 80.6 Å². The molecule has 0 N–H and O–H groups in total. The summed E-state index contributed by atoms with van der Waals surface area (Å²) in [5.74, 6) is 0. The molecular formula is CF3GeI3. The van der Waals surface area contributed by atoms with Crippen LogP contribution in [0.15, 0.2) is 0 Å². The van der Waals surface area contributed by atoms with Gasteiger partial charge in [-0.1, -0.05) is 0 Å². The van der Waals surface area contributed by atoms with Crippen LogP contribution in [-0.2, 0) is 0 Å². The molecule has 0 atom stereocenters. The summed E-state index contributed by atoms with van der Waals surface area (Å²) in [5, 5.41) is -3.92. The first-order valence-electron chi connectivity index (χ1n) is 1.38. The van der Waals surface area contributed by atoms with E-state index < -0.39 is 8.35 Å². The molecule has 0 saturated heterocycles. The van der Waals surface area contributed by atoms with Gasteiger partial charge in [0.15, 0.2) is 0 Å². The third kappa shape index (κ3) is 3.63. The predicted octanol–water partition coefficient (Wildman–Crippen LogP) is 3.33. The fraction of sp³-hybridized carbons (Fsp3) is 1.00. The Morgan fingerprint density at radius 1 is 1.00 bits per heavy atom. The van der Waals surface area contributed by atoms with Crippen LogP contribution in [0.5, 0.6) is 0 Å². The molecule has 50 valence electrons. The van der Waals surface area contributed by atoms with Crippen LogP contribution < -0.4 is 0 Å². The molecule has 0 unspecified atom stereocenters. The molecule has 0 aliphatic heterocycles. The number of hydrogen-bond donors (Lipinski definition) is 0. The first kappa shape index (κ1) is 10.5. The van der Waals surface area contributed by atoms with E-state index in [9.17, 15) is 13.2 Å². The second-order valence-electron chi connectivity index (χ2n) is 0.996. The molecule has 0 fully saturated rings. The molecule has 0 heterocycles. The summed E-state index contributed by atoms with van der Waals surface area (Å²) in [7, 11) is 0. The van der Waals surface area contributed by atoms with Crippen molar-refractivity contribution < 1.29 is 13.2 Å². The van der Waals surface area contributed by atoms with Gasteiger partial charge in [-0.2, -0.15) is 0 Å². The first-order valence-corrected chi connectivity index (χ1v) is 21.6. The van der Waals surface area contributed by atoms with Gasteiger partial charge in [0.25, 0.3) is 0 Å². The summed E-state index contributed by atoms with van der Waals surface area (Å²) in [5.41, 5.74) is 0. The molecule has 7 heteroatoms. The predicted molar refractivity (Wildman–Crippen MR) is 53.9 cm³/mol. The van der Waals surface area contributed by atoms with Crippen molar-refractivity contribution in [1.82, 2.24) is 0 Å². The zero-order valence-corrected chi connectivity index (χ0v) is 11.8. The molecule has 0 spiro atoms. The van der Waals surface area contributed by atoms with E-state index in [0.29, 0.717) is 0 Å². The standard InChI is InChI=1S/CF3GeI3/c2-1(3,4)5(6,7)8. The van der Waals surface area contributed by atoms with Gasteiger partial charge in [-0.3, -0.25) is 0 Å². The third-order valence-corrected chi connectivity index (χ3v) is 11.2. The molecule has 0 aliphatic rings. The summed E-state index contributed by atoms with van der Waals surface area (Å²) in [6.07, 6.45) is 0. The van der Waals surface area contributed by atoms with Gasteiger partial charge in [0.1, 0.15) is 0 Å². The monoisotopic (exact) mass is 524 g/mol. The van der Waals surface area contributed by atoms with Gasteiger partial charge in [0.2, 0.25) is 0 Å². The maximum atomic E-state index is 11.6. The molecule has 0 aliphatic carbocycles. The summed E-state index contributed by atoms with van der Waals surface area (Å²) in [6, 6.07) is 0. The van der Waals surface area contributed by atoms with E-state index in [0.717, 1.165) is 0 Å². The fourth-order valence-electron chi connectivity index (χ4n) is 0. The van der Waals surface area contributed by atoms with Crippen LogP contribution >= 0.6 is 60.6 Å². The Morgan fingerprint density at radius 2 is 1.12 bits per heavy atom. The van der Waals surface area contributed by atoms with Crippen molar-refractivity contribution in [2.45, 2.75) is 5.01 Å². The SMILES string of the molecule is F[C](F)(F)[Ge]([I])([I])[I]. The Bertz CT molecular complexity index is 69.5. The normalized spacial score (nSPS) is 14.2. The van der Waals surface area contributed by atoms with Crippen molar-refractivity contribution in [1.29, 1.82) is 0 Å². The quantitative estimate of drug-likeness (QED) is 0.339. The number of hydrogen-bond acceptors (Lipinski definition) is 0. The van der Waals surface area contributed by atoms with E-state index >= 15 is 0 Å². The van der Waals surface area contributed by atoms with Crippen molar-refractivity contribution in [3.05, 3.63) is 0 Å². The van der Waals surface area contributed by atoms with Crippen LogP contribution in [0.1, 0.15) is 0 Å². The molecule has 0 rings (SSSR count). The maximum absolute atomic E-state index is 11.6. The van der Waals surface area contributed by atoms with Gasteiger partial charge in [-0.05, 0) is 0 Å². The molecule has 0 aromatic heterocycles. The molecule has 0 bridgehead atoms. The van der Waals surface area contributed by atoms with Gasteiger partial charge in [0.05, 0.1) is 0 Å². The summed E-state index contributed by atoms with van der Waals surface area (Å²) < 4.78 is 31.5. The molecule has 8 heavy (non-hydrogen) atoms. The van der Waals surface area contributed by atoms with Crippen LogP contribution in [0.2, 0.25) is 0 Å². The van der Waals surface area contributed by atoms with Crippen LogP contribution in [0.25, 0.3) is 0 Å².